The lowest BCUT2D eigenvalue weighted by Crippen LogP contribution is -2.34. The Hall–Kier alpha value is -0.140. The van der Waals surface area contributed by atoms with Gasteiger partial charge in [-0.25, -0.2) is 8.78 Å². The zero-order valence-electron chi connectivity index (χ0n) is 10.5. The van der Waals surface area contributed by atoms with Crippen LogP contribution < -0.4 is 0 Å². The van der Waals surface area contributed by atoms with E-state index in [1.165, 1.54) is 25.7 Å². The van der Waals surface area contributed by atoms with Gasteiger partial charge >= 0.3 is 0 Å². The summed E-state index contributed by atoms with van der Waals surface area (Å²) in [6, 6.07) is 0. The molecule has 0 amide bonds. The quantitative estimate of drug-likeness (QED) is 0.629. The van der Waals surface area contributed by atoms with Crippen LogP contribution >= 0.6 is 0 Å². The third-order valence-corrected chi connectivity index (χ3v) is 6.49. The van der Waals surface area contributed by atoms with Crippen LogP contribution in [0, 0.1) is 41.4 Å². The van der Waals surface area contributed by atoms with Gasteiger partial charge < -0.3 is 0 Å². The highest BCUT2D eigenvalue weighted by Crippen LogP contribution is 2.69. The Morgan fingerprint density at radius 2 is 1.65 bits per heavy atom. The van der Waals surface area contributed by atoms with Crippen molar-refractivity contribution in [3.05, 3.63) is 0 Å². The van der Waals surface area contributed by atoms with Crippen LogP contribution in [-0.4, -0.2) is 5.92 Å². The van der Waals surface area contributed by atoms with Crippen LogP contribution in [-0.2, 0) is 0 Å². The predicted molar refractivity (Wildman–Crippen MR) is 62.8 cm³/mol. The molecule has 4 saturated carbocycles. The van der Waals surface area contributed by atoms with Crippen molar-refractivity contribution < 1.29 is 8.78 Å². The van der Waals surface area contributed by atoms with Crippen molar-refractivity contribution in [1.82, 2.24) is 0 Å². The topological polar surface area (TPSA) is 0 Å². The van der Waals surface area contributed by atoms with Gasteiger partial charge in [0, 0.05) is 6.42 Å². The Morgan fingerprint density at radius 1 is 0.941 bits per heavy atom. The van der Waals surface area contributed by atoms with Crippen molar-refractivity contribution in [2.24, 2.45) is 41.4 Å². The number of rotatable bonds is 2. The molecule has 0 heterocycles. The largest absolute Gasteiger partial charge is 0.245 e. The molecule has 0 saturated heterocycles. The molecule has 4 fully saturated rings. The second-order valence-corrected chi connectivity index (χ2v) is 7.42. The Kier molecular flexibility index (Phi) is 2.05. The van der Waals surface area contributed by atoms with Crippen molar-refractivity contribution in [1.29, 1.82) is 0 Å². The average Bonchev–Trinajstić information content (AvgIpc) is 2.91. The summed E-state index contributed by atoms with van der Waals surface area (Å²) >= 11 is 0. The molecule has 0 nitrogen and oxygen atoms in total. The summed E-state index contributed by atoms with van der Waals surface area (Å²) in [7, 11) is 0. The molecule has 0 aliphatic heterocycles. The fourth-order valence-electron chi connectivity index (χ4n) is 6.40. The average molecular weight is 240 g/mol. The number of hydrogen-bond donors (Lipinski definition) is 0. The van der Waals surface area contributed by atoms with Gasteiger partial charge in [-0.05, 0) is 80.5 Å². The van der Waals surface area contributed by atoms with E-state index in [-0.39, 0.29) is 6.42 Å². The van der Waals surface area contributed by atoms with Crippen LogP contribution in [0.1, 0.15) is 45.4 Å². The Labute approximate surface area is 102 Å². The van der Waals surface area contributed by atoms with Crippen LogP contribution in [0.15, 0.2) is 0 Å². The molecule has 4 rings (SSSR count). The highest BCUT2D eigenvalue weighted by atomic mass is 19.3. The van der Waals surface area contributed by atoms with Gasteiger partial charge in [0.05, 0.1) is 0 Å². The zero-order chi connectivity index (χ0) is 11.8. The van der Waals surface area contributed by atoms with Crippen molar-refractivity contribution >= 4 is 0 Å². The minimum atomic E-state index is -2.44. The van der Waals surface area contributed by atoms with Gasteiger partial charge in [-0.15, -0.1) is 0 Å². The molecule has 7 atom stereocenters. The number of hydrogen-bond acceptors (Lipinski definition) is 0. The zero-order valence-corrected chi connectivity index (χ0v) is 10.5. The molecule has 0 aromatic heterocycles. The van der Waals surface area contributed by atoms with Gasteiger partial charge in [0.25, 0.3) is 0 Å². The molecule has 17 heavy (non-hydrogen) atoms. The maximum Gasteiger partial charge on any atom is 0.245 e. The van der Waals surface area contributed by atoms with E-state index in [0.29, 0.717) is 11.8 Å². The Balaban J connectivity index is 1.55. The third kappa shape index (κ3) is 1.45. The molecule has 4 bridgehead atoms. The first-order valence-corrected chi connectivity index (χ1v) is 7.41. The summed E-state index contributed by atoms with van der Waals surface area (Å²) in [4.78, 5) is 0. The summed E-state index contributed by atoms with van der Waals surface area (Å²) in [6.45, 7) is 1.11. The second-order valence-electron chi connectivity index (χ2n) is 7.42. The molecular formula is C15H22F2. The van der Waals surface area contributed by atoms with Crippen LogP contribution in [0.2, 0.25) is 0 Å². The van der Waals surface area contributed by atoms with E-state index in [2.05, 4.69) is 0 Å². The maximum absolute atomic E-state index is 13.2. The molecule has 4 aliphatic rings. The fourth-order valence-corrected chi connectivity index (χ4v) is 6.40. The highest BCUT2D eigenvalue weighted by molar-refractivity contribution is 5.10. The van der Waals surface area contributed by atoms with E-state index in [4.69, 9.17) is 0 Å². The Bertz CT molecular complexity index is 332. The van der Waals surface area contributed by atoms with Crippen LogP contribution in [0.25, 0.3) is 0 Å². The number of fused-ring (bicyclic) bond motifs is 9. The second kappa shape index (κ2) is 3.24. The lowest BCUT2D eigenvalue weighted by Gasteiger charge is -2.39. The molecule has 0 radical (unpaired) electrons. The third-order valence-electron chi connectivity index (χ3n) is 6.49. The molecule has 0 N–H and O–H groups in total. The lowest BCUT2D eigenvalue weighted by molar-refractivity contribution is -0.0249. The van der Waals surface area contributed by atoms with E-state index >= 15 is 0 Å². The minimum Gasteiger partial charge on any atom is -0.207 e. The molecule has 0 spiro atoms. The monoisotopic (exact) mass is 240 g/mol. The normalized spacial score (nSPS) is 55.6. The molecule has 2 heteroatoms. The van der Waals surface area contributed by atoms with Gasteiger partial charge in [-0.1, -0.05) is 0 Å². The van der Waals surface area contributed by atoms with Crippen molar-refractivity contribution in [3.8, 4) is 0 Å². The van der Waals surface area contributed by atoms with E-state index in [1.54, 1.807) is 0 Å². The lowest BCUT2D eigenvalue weighted by atomic mass is 9.66. The summed E-state index contributed by atoms with van der Waals surface area (Å²) in [5.41, 5.74) is 0. The van der Waals surface area contributed by atoms with E-state index in [0.717, 1.165) is 42.9 Å². The van der Waals surface area contributed by atoms with Gasteiger partial charge in [-0.2, -0.15) is 0 Å². The van der Waals surface area contributed by atoms with E-state index in [9.17, 15) is 8.78 Å². The fraction of sp³-hybridized carbons (Fsp3) is 1.00. The van der Waals surface area contributed by atoms with Crippen LogP contribution in [0.5, 0.6) is 0 Å². The molecular weight excluding hydrogens is 218 g/mol. The summed E-state index contributed by atoms with van der Waals surface area (Å²) < 4.78 is 26.5. The number of alkyl halides is 2. The van der Waals surface area contributed by atoms with Gasteiger partial charge in [-0.3, -0.25) is 0 Å². The van der Waals surface area contributed by atoms with Crippen LogP contribution in [0.3, 0.4) is 0 Å². The Morgan fingerprint density at radius 3 is 2.35 bits per heavy atom. The smallest absolute Gasteiger partial charge is 0.207 e. The maximum atomic E-state index is 13.2. The summed E-state index contributed by atoms with van der Waals surface area (Å²) in [5, 5.41) is 0. The predicted octanol–water partition coefficient (Wildman–Crippen LogP) is 4.35. The molecule has 96 valence electrons. The van der Waals surface area contributed by atoms with Gasteiger partial charge in [0.1, 0.15) is 0 Å². The minimum absolute atomic E-state index is 0.161. The van der Waals surface area contributed by atoms with Crippen molar-refractivity contribution in [3.63, 3.8) is 0 Å². The van der Waals surface area contributed by atoms with Gasteiger partial charge in [0.2, 0.25) is 5.92 Å². The molecule has 0 aromatic carbocycles. The first-order valence-electron chi connectivity index (χ1n) is 7.41. The van der Waals surface area contributed by atoms with Crippen molar-refractivity contribution in [2.75, 3.05) is 0 Å². The molecule has 7 unspecified atom stereocenters. The van der Waals surface area contributed by atoms with E-state index < -0.39 is 5.92 Å². The summed E-state index contributed by atoms with van der Waals surface area (Å²) in [6.07, 6.45) is 6.88. The SMILES string of the molecule is CC(F)(F)CC1CC2CC1C1C3CCC(C3)C21. The standard InChI is InChI=1S/C15H22F2/c1-15(16,17)7-11-5-10-6-12(11)14-9-3-2-8(4-9)13(10)14/h8-14H,2-7H2,1H3. The van der Waals surface area contributed by atoms with Crippen LogP contribution in [0.4, 0.5) is 8.78 Å². The van der Waals surface area contributed by atoms with Gasteiger partial charge in [0.15, 0.2) is 0 Å². The first kappa shape index (κ1) is 10.8. The molecule has 4 aliphatic carbocycles. The summed E-state index contributed by atoms with van der Waals surface area (Å²) in [5.74, 6) is 3.14. The highest BCUT2D eigenvalue weighted by Gasteiger charge is 2.62. The van der Waals surface area contributed by atoms with Crippen molar-refractivity contribution in [2.45, 2.75) is 51.4 Å². The van der Waals surface area contributed by atoms with E-state index in [1.807, 2.05) is 0 Å². The number of halogens is 2. The first-order chi connectivity index (χ1) is 8.03. The molecule has 0 aromatic rings.